The van der Waals surface area contributed by atoms with Gasteiger partial charge in [-0.3, -0.25) is 13.9 Å². The Hall–Kier alpha value is -3.07. The number of sulfonamides is 1. The highest BCUT2D eigenvalue weighted by Crippen LogP contribution is 2.25. The lowest BCUT2D eigenvalue weighted by Crippen LogP contribution is -2.56. The zero-order chi connectivity index (χ0) is 30.4. The molecule has 220 valence electrons. The zero-order valence-electron chi connectivity index (χ0n) is 24.0. The van der Waals surface area contributed by atoms with Gasteiger partial charge in [-0.2, -0.15) is 0 Å². The van der Waals surface area contributed by atoms with Gasteiger partial charge < -0.3 is 10.2 Å². The largest absolute Gasteiger partial charge is 0.350 e. The highest BCUT2D eigenvalue weighted by Gasteiger charge is 2.34. The molecule has 0 saturated carbocycles. The molecule has 7 nitrogen and oxygen atoms in total. The maximum Gasteiger partial charge on any atom is 0.244 e. The Balaban J connectivity index is 2.08. The molecule has 3 rings (SSSR count). The van der Waals surface area contributed by atoms with Crippen molar-refractivity contribution in [3.63, 3.8) is 0 Å². The summed E-state index contributed by atoms with van der Waals surface area (Å²) in [6.45, 7) is 7.11. The number of nitrogens with one attached hydrogen (secondary N) is 1. The maximum atomic E-state index is 14.1. The molecule has 0 bridgehead atoms. The molecule has 1 N–H and O–H groups in total. The fourth-order valence-electron chi connectivity index (χ4n) is 4.35. The molecule has 1 unspecified atom stereocenters. The van der Waals surface area contributed by atoms with Crippen molar-refractivity contribution in [2.24, 2.45) is 0 Å². The van der Waals surface area contributed by atoms with Crippen molar-refractivity contribution in [3.05, 3.63) is 99.5 Å². The summed E-state index contributed by atoms with van der Waals surface area (Å²) in [5.74, 6) is -0.890. The minimum Gasteiger partial charge on any atom is -0.350 e. The molecule has 0 aromatic heterocycles. The summed E-state index contributed by atoms with van der Waals surface area (Å²) in [5.41, 5.74) is 2.34. The number of benzene rings is 3. The quantitative estimate of drug-likeness (QED) is 0.291. The van der Waals surface area contributed by atoms with Crippen molar-refractivity contribution in [1.82, 2.24) is 10.2 Å². The molecule has 3 aromatic rings. The van der Waals surface area contributed by atoms with Gasteiger partial charge in [0.1, 0.15) is 12.6 Å². The normalized spacial score (nSPS) is 12.5. The molecule has 0 heterocycles. The number of nitrogens with zero attached hydrogens (tertiary/aromatic N) is 2. The lowest BCUT2D eigenvalue weighted by Gasteiger charge is -2.35. The summed E-state index contributed by atoms with van der Waals surface area (Å²) in [4.78, 5) is 29.3. The zero-order valence-corrected chi connectivity index (χ0v) is 26.4. The first-order chi connectivity index (χ1) is 19.2. The number of aryl methyl sites for hydroxylation is 1. The number of rotatable bonds is 11. The van der Waals surface area contributed by atoms with Crippen molar-refractivity contribution >= 4 is 50.7 Å². The first-order valence-electron chi connectivity index (χ1n) is 13.3. The van der Waals surface area contributed by atoms with Crippen LogP contribution in [0.3, 0.4) is 0 Å². The Labute approximate surface area is 253 Å². The molecule has 0 radical (unpaired) electrons. The second kappa shape index (κ2) is 13.7. The monoisotopic (exact) mass is 617 g/mol. The lowest BCUT2D eigenvalue weighted by atomic mass is 10.0. The van der Waals surface area contributed by atoms with Gasteiger partial charge >= 0.3 is 0 Å². The molecule has 0 aliphatic rings. The minimum atomic E-state index is -3.84. The molecule has 3 aromatic carbocycles. The van der Waals surface area contributed by atoms with Gasteiger partial charge in [0.15, 0.2) is 0 Å². The van der Waals surface area contributed by atoms with Crippen LogP contribution < -0.4 is 9.62 Å². The van der Waals surface area contributed by atoms with Gasteiger partial charge in [0.05, 0.1) is 22.0 Å². The van der Waals surface area contributed by atoms with Crippen molar-refractivity contribution in [1.29, 1.82) is 0 Å². The number of amides is 2. The smallest absolute Gasteiger partial charge is 0.244 e. The third kappa shape index (κ3) is 9.48. The first kappa shape index (κ1) is 32.4. The lowest BCUT2D eigenvalue weighted by molar-refractivity contribution is -0.140. The Morgan fingerprint density at radius 1 is 0.878 bits per heavy atom. The van der Waals surface area contributed by atoms with E-state index >= 15 is 0 Å². The molecule has 0 aliphatic heterocycles. The second-order valence-electron chi connectivity index (χ2n) is 11.0. The van der Waals surface area contributed by atoms with Crippen molar-refractivity contribution in [2.75, 3.05) is 17.1 Å². The van der Waals surface area contributed by atoms with Crippen LogP contribution in [0.2, 0.25) is 10.0 Å². The predicted octanol–water partition coefficient (Wildman–Crippen LogP) is 5.88. The summed E-state index contributed by atoms with van der Waals surface area (Å²) in [5, 5.41) is 3.67. The van der Waals surface area contributed by atoms with Gasteiger partial charge in [-0.05, 0) is 68.1 Å². The highest BCUT2D eigenvalue weighted by atomic mass is 35.5. The van der Waals surface area contributed by atoms with Crippen LogP contribution in [0.1, 0.15) is 44.4 Å². The standard InChI is InChI=1S/C31H37Cl2N3O4S/c1-6-22-12-15-25(16-13-22)36(41(5,39)40)21-29(37)35(20-24-14-17-26(32)27(33)18-24)28(30(38)34-31(2,3)4)19-23-10-8-7-9-11-23/h7-18,28H,6,19-21H2,1-5H3,(H,34,38). The van der Waals surface area contributed by atoms with Crippen LogP contribution in [0, 0.1) is 0 Å². The summed E-state index contributed by atoms with van der Waals surface area (Å²) in [6.07, 6.45) is 2.07. The van der Waals surface area contributed by atoms with Gasteiger partial charge in [-0.15, -0.1) is 0 Å². The second-order valence-corrected chi connectivity index (χ2v) is 13.7. The van der Waals surface area contributed by atoms with E-state index < -0.39 is 34.1 Å². The van der Waals surface area contributed by atoms with Gasteiger partial charge in [0, 0.05) is 18.5 Å². The van der Waals surface area contributed by atoms with Gasteiger partial charge in [-0.25, -0.2) is 8.42 Å². The van der Waals surface area contributed by atoms with Crippen molar-refractivity contribution in [2.45, 2.75) is 58.7 Å². The van der Waals surface area contributed by atoms with Gasteiger partial charge in [0.25, 0.3) is 0 Å². The molecule has 10 heteroatoms. The Bertz CT molecular complexity index is 1460. The van der Waals surface area contributed by atoms with E-state index in [0.717, 1.165) is 28.1 Å². The van der Waals surface area contributed by atoms with Crippen LogP contribution in [-0.4, -0.2) is 49.5 Å². The van der Waals surface area contributed by atoms with E-state index in [2.05, 4.69) is 5.32 Å². The molecule has 41 heavy (non-hydrogen) atoms. The van der Waals surface area contributed by atoms with Crippen LogP contribution in [0.4, 0.5) is 5.69 Å². The molecule has 0 fully saturated rings. The third-order valence-corrected chi connectivity index (χ3v) is 8.30. The topological polar surface area (TPSA) is 86.8 Å². The molecular formula is C31H37Cl2N3O4S. The van der Waals surface area contributed by atoms with Gasteiger partial charge in [0.2, 0.25) is 21.8 Å². The molecule has 0 saturated heterocycles. The highest BCUT2D eigenvalue weighted by molar-refractivity contribution is 7.92. The van der Waals surface area contributed by atoms with Crippen molar-refractivity contribution < 1.29 is 18.0 Å². The fraction of sp³-hybridized carbons (Fsp3) is 0.355. The fourth-order valence-corrected chi connectivity index (χ4v) is 5.52. The SMILES string of the molecule is CCc1ccc(N(CC(=O)N(Cc2ccc(Cl)c(Cl)c2)C(Cc2ccccc2)C(=O)NC(C)(C)C)S(C)(=O)=O)cc1. The van der Waals surface area contributed by atoms with E-state index in [1.165, 1.54) is 4.90 Å². The number of carbonyl (C=O) groups excluding carboxylic acids is 2. The molecule has 1 atom stereocenters. The third-order valence-electron chi connectivity index (χ3n) is 6.42. The molecular weight excluding hydrogens is 581 g/mol. The summed E-state index contributed by atoms with van der Waals surface area (Å²) in [7, 11) is -3.84. The van der Waals surface area contributed by atoms with E-state index in [4.69, 9.17) is 23.2 Å². The van der Waals surface area contributed by atoms with E-state index in [9.17, 15) is 18.0 Å². The number of hydrogen-bond donors (Lipinski definition) is 1. The summed E-state index contributed by atoms with van der Waals surface area (Å²) < 4.78 is 26.9. The van der Waals surface area contributed by atoms with Crippen LogP contribution in [0.5, 0.6) is 0 Å². The number of anilines is 1. The average molecular weight is 619 g/mol. The van der Waals surface area contributed by atoms with Crippen LogP contribution in [0.25, 0.3) is 0 Å². The maximum absolute atomic E-state index is 14.1. The number of hydrogen-bond acceptors (Lipinski definition) is 4. The Morgan fingerprint density at radius 3 is 2.02 bits per heavy atom. The predicted molar refractivity (Wildman–Crippen MR) is 167 cm³/mol. The summed E-state index contributed by atoms with van der Waals surface area (Å²) in [6, 6.07) is 20.5. The van der Waals surface area contributed by atoms with Crippen LogP contribution in [-0.2, 0) is 39.0 Å². The van der Waals surface area contributed by atoms with Crippen LogP contribution >= 0.6 is 23.2 Å². The van der Waals surface area contributed by atoms with Crippen LogP contribution in [0.15, 0.2) is 72.8 Å². The Kier molecular flexibility index (Phi) is 10.9. The van der Waals surface area contributed by atoms with E-state index in [-0.39, 0.29) is 18.9 Å². The minimum absolute atomic E-state index is 0.0111. The summed E-state index contributed by atoms with van der Waals surface area (Å²) >= 11 is 12.4. The van der Waals surface area contributed by atoms with Gasteiger partial charge in [-0.1, -0.05) is 78.7 Å². The molecule has 0 spiro atoms. The van der Waals surface area contributed by atoms with E-state index in [1.54, 1.807) is 30.3 Å². The average Bonchev–Trinajstić information content (AvgIpc) is 2.90. The molecule has 2 amide bonds. The van der Waals surface area contributed by atoms with E-state index in [0.29, 0.717) is 21.3 Å². The van der Waals surface area contributed by atoms with Crippen molar-refractivity contribution in [3.8, 4) is 0 Å². The first-order valence-corrected chi connectivity index (χ1v) is 15.9. The molecule has 0 aliphatic carbocycles. The number of carbonyl (C=O) groups is 2. The van der Waals surface area contributed by atoms with E-state index in [1.807, 2.05) is 70.2 Å². The number of halogens is 2. The Morgan fingerprint density at radius 2 is 1.49 bits per heavy atom.